The number of nitrogens with one attached hydrogen (secondary N) is 5. The fourth-order valence-corrected chi connectivity index (χ4v) is 7.68. The third kappa shape index (κ3) is 14.4. The quantitative estimate of drug-likeness (QED) is 0.0275. The minimum atomic E-state index is -5.25. The van der Waals surface area contributed by atoms with Crippen LogP contribution >= 0.6 is 0 Å². The Morgan fingerprint density at radius 2 is 1.56 bits per heavy atom. The fourth-order valence-electron chi connectivity index (χ4n) is 7.32. The van der Waals surface area contributed by atoms with E-state index in [0.717, 1.165) is 12.1 Å². The number of amides is 6. The zero-order chi connectivity index (χ0) is 50.1. The molecule has 0 radical (unpaired) electrons. The van der Waals surface area contributed by atoms with E-state index in [0.29, 0.717) is 11.0 Å². The molecule has 0 aliphatic carbocycles. The number of benzene rings is 1. The maximum Gasteiger partial charge on any atom is 0.446 e. The molecule has 17 N–H and O–H groups in total. The maximum absolute atomic E-state index is 14.4. The lowest BCUT2D eigenvalue weighted by atomic mass is 9.96. The molecule has 1 aromatic rings. The third-order valence-corrected chi connectivity index (χ3v) is 11.4. The van der Waals surface area contributed by atoms with E-state index < -0.39 is 173 Å². The van der Waals surface area contributed by atoms with Crippen molar-refractivity contribution in [1.29, 1.82) is 0 Å². The molecule has 6 amide bonds. The molecule has 1 aromatic carbocycles. The number of likely N-dealkylation sites (N-methyl/N-ethyl adjacent to an activating group) is 2. The number of nitrogens with zero attached hydrogens (tertiary/aromatic N) is 2. The summed E-state index contributed by atoms with van der Waals surface area (Å²) in [4.78, 5) is 93.7. The Morgan fingerprint density at radius 3 is 2.09 bits per heavy atom. The van der Waals surface area contributed by atoms with Crippen LogP contribution in [-0.4, -0.2) is 217 Å². The van der Waals surface area contributed by atoms with E-state index in [9.17, 15) is 87.9 Å². The number of phenols is 1. The van der Waals surface area contributed by atoms with E-state index in [4.69, 9.17) is 10.3 Å². The van der Waals surface area contributed by atoms with Gasteiger partial charge in [-0.3, -0.25) is 38.2 Å². The van der Waals surface area contributed by atoms with Gasteiger partial charge in [-0.2, -0.15) is 8.42 Å². The van der Waals surface area contributed by atoms with Gasteiger partial charge in [0.25, 0.3) is 0 Å². The third-order valence-electron chi connectivity index (χ3n) is 11.0. The summed E-state index contributed by atoms with van der Waals surface area (Å²) >= 11 is 0. The molecule has 0 bridgehead atoms. The zero-order valence-electron chi connectivity index (χ0n) is 35.9. The molecule has 15 unspecified atom stereocenters. The molecule has 15 atom stereocenters. The van der Waals surface area contributed by atoms with Crippen molar-refractivity contribution in [3.63, 3.8) is 0 Å². The van der Waals surface area contributed by atoms with E-state index >= 15 is 0 Å². The number of aliphatic hydroxyl groups excluding tert-OH is 8. The van der Waals surface area contributed by atoms with E-state index in [2.05, 4.69) is 25.5 Å². The fraction of sp³-hybridized carbons (Fsp3) is 0.649. The van der Waals surface area contributed by atoms with Crippen molar-refractivity contribution in [2.75, 3.05) is 27.2 Å². The van der Waals surface area contributed by atoms with Crippen LogP contribution in [0.5, 0.6) is 11.5 Å². The van der Waals surface area contributed by atoms with Gasteiger partial charge in [0.05, 0.1) is 42.9 Å². The monoisotopic (exact) mass is 966 g/mol. The Labute approximate surface area is 377 Å². The van der Waals surface area contributed by atoms with Gasteiger partial charge in [-0.25, -0.2) is 0 Å². The number of aromatic hydroxyl groups is 1. The van der Waals surface area contributed by atoms with E-state index in [1.165, 1.54) is 32.8 Å². The smallest absolute Gasteiger partial charge is 0.446 e. The summed E-state index contributed by atoms with van der Waals surface area (Å²) in [5.41, 5.74) is 4.78. The molecule has 29 heteroatoms. The highest BCUT2D eigenvalue weighted by Crippen LogP contribution is 2.32. The predicted molar refractivity (Wildman–Crippen MR) is 220 cm³/mol. The van der Waals surface area contributed by atoms with Crippen LogP contribution in [-0.2, 0) is 44.0 Å². The molecule has 2 heterocycles. The lowest BCUT2D eigenvalue weighted by Gasteiger charge is -2.34. The Hall–Kier alpha value is -5.18. The average Bonchev–Trinajstić information content (AvgIpc) is 3.73. The Kier molecular flexibility index (Phi) is 19.6. The lowest BCUT2D eigenvalue weighted by molar-refractivity contribution is -0.149. The van der Waals surface area contributed by atoms with Gasteiger partial charge in [-0.1, -0.05) is 13.0 Å². The zero-order valence-corrected chi connectivity index (χ0v) is 36.8. The number of nitrogens with two attached hydrogens (primary N) is 1. The van der Waals surface area contributed by atoms with E-state index in [-0.39, 0.29) is 19.3 Å². The van der Waals surface area contributed by atoms with Crippen LogP contribution < -0.4 is 36.5 Å². The molecule has 0 aromatic heterocycles. The van der Waals surface area contributed by atoms with E-state index in [1.807, 2.05) is 5.32 Å². The van der Waals surface area contributed by atoms with Gasteiger partial charge in [-0.05, 0) is 45.1 Å². The Bertz CT molecular complexity index is 2030. The number of carbonyl (C=O) groups is 7. The number of β-amino-alcohol motifs (C(OH)–C–C–N with tert-alkyl or cyclic N) is 1. The summed E-state index contributed by atoms with van der Waals surface area (Å²) in [6.45, 7) is 2.10. The van der Waals surface area contributed by atoms with Gasteiger partial charge in [-0.15, -0.1) is 0 Å². The first-order valence-electron chi connectivity index (χ1n) is 20.2. The van der Waals surface area contributed by atoms with Gasteiger partial charge < -0.3 is 92.2 Å². The summed E-state index contributed by atoms with van der Waals surface area (Å²) in [7, 11) is -2.53. The van der Waals surface area contributed by atoms with Gasteiger partial charge >= 0.3 is 10.4 Å². The van der Waals surface area contributed by atoms with Crippen molar-refractivity contribution in [2.24, 2.45) is 11.7 Å². The molecule has 0 saturated carbocycles. The van der Waals surface area contributed by atoms with Gasteiger partial charge in [0.1, 0.15) is 48.8 Å². The molecule has 2 fully saturated rings. The van der Waals surface area contributed by atoms with Crippen LogP contribution in [0.1, 0.15) is 44.8 Å². The topological polar surface area (TPSA) is 458 Å². The highest BCUT2D eigenvalue weighted by molar-refractivity contribution is 7.81. The van der Waals surface area contributed by atoms with Crippen molar-refractivity contribution in [2.45, 2.75) is 118 Å². The number of hydrogen-bond acceptors (Lipinski definition) is 21. The molecule has 2 aliphatic rings. The van der Waals surface area contributed by atoms with Crippen LogP contribution in [0.15, 0.2) is 18.2 Å². The normalized spacial score (nSPS) is 24.6. The molecular weight excluding hydrogens is 909 g/mol. The summed E-state index contributed by atoms with van der Waals surface area (Å²) in [6, 6.07) is -8.07. The van der Waals surface area contributed by atoms with Gasteiger partial charge in [0.15, 0.2) is 17.7 Å². The Balaban J connectivity index is 1.96. The number of rotatable bonds is 23. The molecule has 0 spiro atoms. The summed E-state index contributed by atoms with van der Waals surface area (Å²) in [5.74, 6) is -10.2. The standard InChI is InChI=1S/C37H58N8O20S/c1-14-11-45(28(29(14)53)36(60)43-34(58)23(51)9-18(39-3)32(56)40-19(13-46)15(2)47)37(61)26(22(50)10-25(38)52)41-35(59)27(42-33(57)20-8-17(48)12-44(20)4)31(55)30(54)16-5-6-21(49)24(7-16)65-66(62,63)64/h5-7,13-15,17-20,22-23,26-31,34,39,47-51,53-55,58H,8-12H2,1-4H3,(H2,38,52)(H,40,56)(H,41,59)(H,42,57)(H,43,60)(H,62,63,64). The van der Waals surface area contributed by atoms with Gasteiger partial charge in [0, 0.05) is 25.4 Å². The van der Waals surface area contributed by atoms with Crippen LogP contribution in [0.25, 0.3) is 0 Å². The highest BCUT2D eigenvalue weighted by Gasteiger charge is 2.50. The average molecular weight is 967 g/mol. The molecule has 372 valence electrons. The molecule has 66 heavy (non-hydrogen) atoms. The first-order chi connectivity index (χ1) is 30.6. The lowest BCUT2D eigenvalue weighted by Crippen LogP contribution is -2.64. The Morgan fingerprint density at radius 1 is 0.924 bits per heavy atom. The molecule has 2 aliphatic heterocycles. The SMILES string of the molecule is CNC(CC(O)C(O)NC(=O)C1C(O)C(C)CN1C(=O)C(NC(=O)C(NC(=O)C1CC(O)CN1C)C(O)C(O)c1ccc(O)c(OS(=O)(=O)O)c1)C(O)CC(N)=O)C(=O)NC(C=O)C(C)O. The van der Waals surface area contributed by atoms with Gasteiger partial charge in [0.2, 0.25) is 35.4 Å². The minimum Gasteiger partial charge on any atom is -0.504 e. The predicted octanol–water partition coefficient (Wildman–Crippen LogP) is -8.72. The number of carbonyl (C=O) groups excluding carboxylic acids is 7. The second-order valence-corrected chi connectivity index (χ2v) is 17.2. The molecule has 3 rings (SSSR count). The van der Waals surface area contributed by atoms with Crippen LogP contribution in [0.3, 0.4) is 0 Å². The number of aldehydes is 1. The number of hydrogen-bond donors (Lipinski definition) is 16. The van der Waals surface area contributed by atoms with Crippen molar-refractivity contribution >= 4 is 52.1 Å². The summed E-state index contributed by atoms with van der Waals surface area (Å²) < 4.78 is 36.1. The number of aliphatic hydroxyl groups is 8. The second kappa shape index (κ2) is 23.5. The second-order valence-electron chi connectivity index (χ2n) is 16.1. The van der Waals surface area contributed by atoms with Crippen LogP contribution in [0.4, 0.5) is 0 Å². The van der Waals surface area contributed by atoms with Crippen molar-refractivity contribution < 1.29 is 96.7 Å². The largest absolute Gasteiger partial charge is 0.504 e. The van der Waals surface area contributed by atoms with Crippen LogP contribution in [0.2, 0.25) is 0 Å². The number of likely N-dealkylation sites (tertiary alicyclic amines) is 2. The molecule has 2 saturated heterocycles. The minimum absolute atomic E-state index is 0.00773. The summed E-state index contributed by atoms with van der Waals surface area (Å²) in [6.07, 6.45) is -16.8. The van der Waals surface area contributed by atoms with Crippen LogP contribution in [0, 0.1) is 5.92 Å². The number of phenolic OH excluding ortho intramolecular Hbond substituents is 1. The molecule has 28 nitrogen and oxygen atoms in total. The van der Waals surface area contributed by atoms with Crippen molar-refractivity contribution in [1.82, 2.24) is 36.4 Å². The number of primary amides is 1. The first kappa shape index (κ1) is 55.1. The molecular formula is C37H58N8O20S. The van der Waals surface area contributed by atoms with E-state index in [1.54, 1.807) is 0 Å². The highest BCUT2D eigenvalue weighted by atomic mass is 32.3. The summed E-state index contributed by atoms with van der Waals surface area (Å²) in [5, 5.41) is 107. The maximum atomic E-state index is 14.4. The first-order valence-corrected chi connectivity index (χ1v) is 21.6. The van der Waals surface area contributed by atoms with Crippen molar-refractivity contribution in [3.8, 4) is 11.5 Å². The van der Waals surface area contributed by atoms with Crippen molar-refractivity contribution in [3.05, 3.63) is 23.8 Å².